The van der Waals surface area contributed by atoms with Crippen molar-refractivity contribution < 1.29 is 9.50 Å². The Balaban J connectivity index is 1.80. The number of hydrogen-bond acceptors (Lipinski definition) is 5. The van der Waals surface area contributed by atoms with Gasteiger partial charge in [0.15, 0.2) is 0 Å². The second-order valence-electron chi connectivity index (χ2n) is 5.28. The number of aromatic nitrogens is 2. The molecule has 0 amide bonds. The summed E-state index contributed by atoms with van der Waals surface area (Å²) < 4.78 is 13.0. The van der Waals surface area contributed by atoms with Gasteiger partial charge in [0, 0.05) is 18.8 Å². The Labute approximate surface area is 122 Å². The molecular weight excluding hydrogens is 271 g/mol. The molecule has 1 aromatic carbocycles. The SMILES string of the molecule is Nc1ccnc(CN2C[C@@H](O)C[C@@H]2c2ccc(F)cc2)n1. The van der Waals surface area contributed by atoms with Gasteiger partial charge in [-0.15, -0.1) is 0 Å². The minimum Gasteiger partial charge on any atom is -0.392 e. The molecule has 21 heavy (non-hydrogen) atoms. The Morgan fingerprint density at radius 2 is 2.05 bits per heavy atom. The molecule has 6 heteroatoms. The number of aliphatic hydroxyl groups is 1. The number of aliphatic hydroxyl groups excluding tert-OH is 1. The molecule has 0 bridgehead atoms. The summed E-state index contributed by atoms with van der Waals surface area (Å²) in [7, 11) is 0. The molecule has 0 spiro atoms. The van der Waals surface area contributed by atoms with Gasteiger partial charge in [-0.3, -0.25) is 4.90 Å². The van der Waals surface area contributed by atoms with Crippen LogP contribution in [0.1, 0.15) is 23.9 Å². The van der Waals surface area contributed by atoms with Gasteiger partial charge in [0.05, 0.1) is 12.6 Å². The fourth-order valence-electron chi connectivity index (χ4n) is 2.76. The van der Waals surface area contributed by atoms with Crippen LogP contribution in [0.4, 0.5) is 10.2 Å². The molecule has 2 aromatic rings. The lowest BCUT2D eigenvalue weighted by Crippen LogP contribution is -2.25. The van der Waals surface area contributed by atoms with E-state index in [4.69, 9.17) is 5.73 Å². The van der Waals surface area contributed by atoms with Crippen LogP contribution in [0.25, 0.3) is 0 Å². The van der Waals surface area contributed by atoms with Crippen LogP contribution in [0, 0.1) is 5.82 Å². The van der Waals surface area contributed by atoms with Crippen LogP contribution in [0.2, 0.25) is 0 Å². The molecule has 1 fully saturated rings. The number of anilines is 1. The third kappa shape index (κ3) is 3.17. The van der Waals surface area contributed by atoms with Crippen molar-refractivity contribution >= 4 is 5.82 Å². The summed E-state index contributed by atoms with van der Waals surface area (Å²) in [6.45, 7) is 1.05. The van der Waals surface area contributed by atoms with E-state index in [-0.39, 0.29) is 11.9 Å². The van der Waals surface area contributed by atoms with E-state index in [1.54, 1.807) is 24.4 Å². The maximum absolute atomic E-state index is 13.0. The summed E-state index contributed by atoms with van der Waals surface area (Å²) in [6.07, 6.45) is 1.84. The second-order valence-corrected chi connectivity index (χ2v) is 5.28. The third-order valence-corrected chi connectivity index (χ3v) is 3.71. The summed E-state index contributed by atoms with van der Waals surface area (Å²) in [6, 6.07) is 8.06. The van der Waals surface area contributed by atoms with Crippen LogP contribution in [0.15, 0.2) is 36.5 Å². The molecular formula is C15H17FN4O. The zero-order valence-electron chi connectivity index (χ0n) is 11.5. The first-order chi connectivity index (χ1) is 10.1. The van der Waals surface area contributed by atoms with Crippen molar-refractivity contribution in [1.82, 2.24) is 14.9 Å². The van der Waals surface area contributed by atoms with Gasteiger partial charge in [0.25, 0.3) is 0 Å². The fourth-order valence-corrected chi connectivity index (χ4v) is 2.76. The first-order valence-electron chi connectivity index (χ1n) is 6.87. The third-order valence-electron chi connectivity index (χ3n) is 3.71. The number of likely N-dealkylation sites (tertiary alicyclic amines) is 1. The molecule has 1 aliphatic rings. The van der Waals surface area contributed by atoms with Crippen molar-refractivity contribution in [3.8, 4) is 0 Å². The number of hydrogen-bond donors (Lipinski definition) is 2. The van der Waals surface area contributed by atoms with Crippen LogP contribution in [0.3, 0.4) is 0 Å². The van der Waals surface area contributed by atoms with Crippen molar-refractivity contribution in [2.75, 3.05) is 12.3 Å². The highest BCUT2D eigenvalue weighted by Gasteiger charge is 2.32. The Morgan fingerprint density at radius 3 is 2.76 bits per heavy atom. The van der Waals surface area contributed by atoms with E-state index in [0.29, 0.717) is 31.2 Å². The van der Waals surface area contributed by atoms with E-state index in [9.17, 15) is 9.50 Å². The fraction of sp³-hybridized carbons (Fsp3) is 0.333. The molecule has 1 aromatic heterocycles. The summed E-state index contributed by atoms with van der Waals surface area (Å²) >= 11 is 0. The maximum Gasteiger partial charge on any atom is 0.144 e. The second kappa shape index (κ2) is 5.75. The Hall–Kier alpha value is -2.05. The number of nitrogen functional groups attached to an aromatic ring is 1. The van der Waals surface area contributed by atoms with Crippen molar-refractivity contribution in [3.05, 3.63) is 53.7 Å². The average molecular weight is 288 g/mol. The van der Waals surface area contributed by atoms with Crippen molar-refractivity contribution in [1.29, 1.82) is 0 Å². The zero-order valence-corrected chi connectivity index (χ0v) is 11.5. The van der Waals surface area contributed by atoms with Gasteiger partial charge in [0.2, 0.25) is 0 Å². The summed E-state index contributed by atoms with van der Waals surface area (Å²) in [5.41, 5.74) is 6.65. The minimum absolute atomic E-state index is 0.0330. The number of benzene rings is 1. The van der Waals surface area contributed by atoms with Gasteiger partial charge in [-0.2, -0.15) is 0 Å². The molecule has 0 radical (unpaired) electrons. The van der Waals surface area contributed by atoms with Crippen LogP contribution >= 0.6 is 0 Å². The number of rotatable bonds is 3. The number of nitrogens with two attached hydrogens (primary N) is 1. The first kappa shape index (κ1) is 13.9. The first-order valence-corrected chi connectivity index (χ1v) is 6.87. The molecule has 1 saturated heterocycles. The van der Waals surface area contributed by atoms with E-state index < -0.39 is 6.10 Å². The predicted octanol–water partition coefficient (Wildman–Crippen LogP) is 1.51. The number of halogens is 1. The Kier molecular flexibility index (Phi) is 3.81. The van der Waals surface area contributed by atoms with Gasteiger partial charge >= 0.3 is 0 Å². The van der Waals surface area contributed by atoms with Gasteiger partial charge < -0.3 is 10.8 Å². The lowest BCUT2D eigenvalue weighted by molar-refractivity contribution is 0.171. The van der Waals surface area contributed by atoms with Crippen molar-refractivity contribution in [3.63, 3.8) is 0 Å². The molecule has 1 aliphatic heterocycles. The smallest absolute Gasteiger partial charge is 0.144 e. The van der Waals surface area contributed by atoms with Crippen molar-refractivity contribution in [2.24, 2.45) is 0 Å². The Bertz CT molecular complexity index is 619. The lowest BCUT2D eigenvalue weighted by atomic mass is 10.0. The van der Waals surface area contributed by atoms with E-state index in [0.717, 1.165) is 5.56 Å². The molecule has 0 saturated carbocycles. The number of β-amino-alcohol motifs (C(OH)–C–C–N with tert-alkyl or cyclic N) is 1. The molecule has 110 valence electrons. The molecule has 5 nitrogen and oxygen atoms in total. The summed E-state index contributed by atoms with van der Waals surface area (Å²) in [4.78, 5) is 10.5. The van der Waals surface area contributed by atoms with Gasteiger partial charge in [-0.1, -0.05) is 12.1 Å². The molecule has 0 unspecified atom stereocenters. The van der Waals surface area contributed by atoms with E-state index in [2.05, 4.69) is 14.9 Å². The highest BCUT2D eigenvalue weighted by Crippen LogP contribution is 2.33. The van der Waals surface area contributed by atoms with Crippen LogP contribution in [-0.4, -0.2) is 32.6 Å². The molecule has 2 heterocycles. The molecule has 3 rings (SSSR count). The summed E-state index contributed by atoms with van der Waals surface area (Å²) in [5.74, 6) is 0.789. The average Bonchev–Trinajstić information content (AvgIpc) is 2.80. The van der Waals surface area contributed by atoms with Gasteiger partial charge in [0.1, 0.15) is 17.5 Å². The predicted molar refractivity (Wildman–Crippen MR) is 76.6 cm³/mol. The topological polar surface area (TPSA) is 75.3 Å². The summed E-state index contributed by atoms with van der Waals surface area (Å²) in [5, 5.41) is 9.94. The number of nitrogens with zero attached hydrogens (tertiary/aromatic N) is 3. The monoisotopic (exact) mass is 288 g/mol. The van der Waals surface area contributed by atoms with E-state index in [1.807, 2.05) is 0 Å². The highest BCUT2D eigenvalue weighted by molar-refractivity contribution is 5.25. The molecule has 3 N–H and O–H groups in total. The Morgan fingerprint density at radius 1 is 1.29 bits per heavy atom. The van der Waals surface area contributed by atoms with Crippen LogP contribution in [-0.2, 0) is 6.54 Å². The highest BCUT2D eigenvalue weighted by atomic mass is 19.1. The normalized spacial score (nSPS) is 22.6. The van der Waals surface area contributed by atoms with Gasteiger partial charge in [-0.25, -0.2) is 14.4 Å². The molecule has 0 aliphatic carbocycles. The van der Waals surface area contributed by atoms with Gasteiger partial charge in [-0.05, 0) is 30.2 Å². The van der Waals surface area contributed by atoms with Crippen molar-refractivity contribution in [2.45, 2.75) is 25.1 Å². The lowest BCUT2D eigenvalue weighted by Gasteiger charge is -2.23. The zero-order chi connectivity index (χ0) is 14.8. The quantitative estimate of drug-likeness (QED) is 0.895. The minimum atomic E-state index is -0.402. The van der Waals surface area contributed by atoms with E-state index >= 15 is 0 Å². The van der Waals surface area contributed by atoms with E-state index in [1.165, 1.54) is 12.1 Å². The van der Waals surface area contributed by atoms with Crippen LogP contribution < -0.4 is 5.73 Å². The van der Waals surface area contributed by atoms with Crippen LogP contribution in [0.5, 0.6) is 0 Å². The standard InChI is InChI=1S/C15H17FN4O/c16-11-3-1-10(2-4-11)13-7-12(21)8-20(13)9-15-18-6-5-14(17)19-15/h1-6,12-13,21H,7-9H2,(H2,17,18,19)/t12-,13+/m0/s1. The maximum atomic E-state index is 13.0. The largest absolute Gasteiger partial charge is 0.392 e. The molecule has 2 atom stereocenters.